The second-order valence-corrected chi connectivity index (χ2v) is 7.27. The number of rotatable bonds is 4. The SMILES string of the molecule is O=C(/C=C(\c1ccccc1)N1CCc2ccccc2C1)c1ccc2c(c1)OCO2. The van der Waals surface area contributed by atoms with Crippen molar-refractivity contribution < 1.29 is 14.3 Å². The summed E-state index contributed by atoms with van der Waals surface area (Å²) in [6.45, 7) is 1.88. The Balaban J connectivity index is 1.50. The minimum absolute atomic E-state index is 0.0407. The first kappa shape index (κ1) is 17.6. The fourth-order valence-corrected chi connectivity index (χ4v) is 3.92. The highest BCUT2D eigenvalue weighted by atomic mass is 16.7. The summed E-state index contributed by atoms with van der Waals surface area (Å²) >= 11 is 0. The molecule has 2 aliphatic rings. The molecule has 0 amide bonds. The Hall–Kier alpha value is -3.53. The molecule has 3 aromatic carbocycles. The van der Waals surface area contributed by atoms with Gasteiger partial charge >= 0.3 is 0 Å². The molecule has 3 aromatic rings. The molecule has 144 valence electrons. The highest BCUT2D eigenvalue weighted by Crippen LogP contribution is 2.33. The summed E-state index contributed by atoms with van der Waals surface area (Å²) in [7, 11) is 0. The fourth-order valence-electron chi connectivity index (χ4n) is 3.92. The molecule has 4 nitrogen and oxygen atoms in total. The fraction of sp³-hybridized carbons (Fsp3) is 0.160. The number of carbonyl (C=O) groups excluding carboxylic acids is 1. The molecule has 0 atom stereocenters. The monoisotopic (exact) mass is 383 g/mol. The Morgan fingerprint density at radius 1 is 0.828 bits per heavy atom. The van der Waals surface area contributed by atoms with E-state index in [1.165, 1.54) is 11.1 Å². The van der Waals surface area contributed by atoms with Crippen molar-refractivity contribution in [1.29, 1.82) is 0 Å². The number of ether oxygens (including phenoxy) is 2. The van der Waals surface area contributed by atoms with Crippen LogP contribution in [0.3, 0.4) is 0 Å². The van der Waals surface area contributed by atoms with E-state index < -0.39 is 0 Å². The van der Waals surface area contributed by atoms with Gasteiger partial charge in [-0.1, -0.05) is 54.6 Å². The van der Waals surface area contributed by atoms with E-state index in [2.05, 4.69) is 41.3 Å². The molecule has 29 heavy (non-hydrogen) atoms. The largest absolute Gasteiger partial charge is 0.454 e. The van der Waals surface area contributed by atoms with Crippen LogP contribution in [0.4, 0.5) is 0 Å². The maximum Gasteiger partial charge on any atom is 0.231 e. The molecule has 0 aliphatic carbocycles. The number of ketones is 1. The average molecular weight is 383 g/mol. The van der Waals surface area contributed by atoms with Gasteiger partial charge in [-0.05, 0) is 41.3 Å². The normalized spacial score (nSPS) is 15.2. The van der Waals surface area contributed by atoms with Crippen molar-refractivity contribution in [2.75, 3.05) is 13.3 Å². The van der Waals surface area contributed by atoms with Crippen LogP contribution in [0, 0.1) is 0 Å². The molecule has 2 heterocycles. The zero-order valence-corrected chi connectivity index (χ0v) is 16.0. The van der Waals surface area contributed by atoms with Crippen molar-refractivity contribution in [1.82, 2.24) is 4.90 Å². The van der Waals surface area contributed by atoms with E-state index in [1.54, 1.807) is 24.3 Å². The molecule has 0 saturated heterocycles. The summed E-state index contributed by atoms with van der Waals surface area (Å²) in [5.41, 5.74) is 5.29. The highest BCUT2D eigenvalue weighted by Gasteiger charge is 2.21. The van der Waals surface area contributed by atoms with E-state index in [0.29, 0.717) is 17.1 Å². The quantitative estimate of drug-likeness (QED) is 0.484. The minimum atomic E-state index is -0.0407. The topological polar surface area (TPSA) is 38.8 Å². The van der Waals surface area contributed by atoms with Gasteiger partial charge in [-0.15, -0.1) is 0 Å². The first-order valence-electron chi connectivity index (χ1n) is 9.81. The van der Waals surface area contributed by atoms with E-state index >= 15 is 0 Å². The first-order chi connectivity index (χ1) is 14.3. The Labute approximate surface area is 170 Å². The summed E-state index contributed by atoms with van der Waals surface area (Å²) in [5.74, 6) is 1.26. The van der Waals surface area contributed by atoms with Crippen molar-refractivity contribution in [3.63, 3.8) is 0 Å². The van der Waals surface area contributed by atoms with E-state index in [1.807, 2.05) is 18.2 Å². The smallest absolute Gasteiger partial charge is 0.231 e. The number of hydrogen-bond donors (Lipinski definition) is 0. The molecule has 0 unspecified atom stereocenters. The summed E-state index contributed by atoms with van der Waals surface area (Å²) in [5, 5.41) is 0. The number of hydrogen-bond acceptors (Lipinski definition) is 4. The number of allylic oxidation sites excluding steroid dienone is 1. The van der Waals surface area contributed by atoms with Crippen LogP contribution in [-0.4, -0.2) is 24.0 Å². The third kappa shape index (κ3) is 3.49. The van der Waals surface area contributed by atoms with Crippen LogP contribution in [0.25, 0.3) is 5.70 Å². The number of nitrogens with zero attached hydrogens (tertiary/aromatic N) is 1. The van der Waals surface area contributed by atoms with Gasteiger partial charge in [-0.3, -0.25) is 4.79 Å². The predicted octanol–water partition coefficient (Wildman–Crippen LogP) is 4.70. The molecule has 0 N–H and O–H groups in total. The van der Waals surface area contributed by atoms with Gasteiger partial charge in [0.05, 0.1) is 0 Å². The molecular weight excluding hydrogens is 362 g/mol. The standard InChI is InChI=1S/C25H21NO3/c27-23(20-10-11-24-25(14-20)29-17-28-24)15-22(19-7-2-1-3-8-19)26-13-12-18-6-4-5-9-21(18)16-26/h1-11,14-15H,12-13,16-17H2/b22-15+. The van der Waals surface area contributed by atoms with E-state index in [4.69, 9.17) is 9.47 Å². The van der Waals surface area contributed by atoms with Crippen LogP contribution in [-0.2, 0) is 13.0 Å². The van der Waals surface area contributed by atoms with Gasteiger partial charge < -0.3 is 14.4 Å². The minimum Gasteiger partial charge on any atom is -0.454 e. The van der Waals surface area contributed by atoms with Crippen molar-refractivity contribution in [3.8, 4) is 11.5 Å². The number of fused-ring (bicyclic) bond motifs is 2. The lowest BCUT2D eigenvalue weighted by atomic mass is 9.97. The van der Waals surface area contributed by atoms with Crippen molar-refractivity contribution in [2.24, 2.45) is 0 Å². The second-order valence-electron chi connectivity index (χ2n) is 7.27. The second kappa shape index (κ2) is 7.47. The third-order valence-corrected chi connectivity index (χ3v) is 5.47. The number of carbonyl (C=O) groups is 1. The van der Waals surface area contributed by atoms with Gasteiger partial charge in [0.25, 0.3) is 0 Å². The van der Waals surface area contributed by atoms with Crippen LogP contribution < -0.4 is 9.47 Å². The van der Waals surface area contributed by atoms with Gasteiger partial charge in [-0.25, -0.2) is 0 Å². The van der Waals surface area contributed by atoms with Gasteiger partial charge in [0.2, 0.25) is 6.79 Å². The molecule has 0 bridgehead atoms. The summed E-state index contributed by atoms with van der Waals surface area (Å²) in [6.07, 6.45) is 2.72. The molecule has 0 saturated carbocycles. The maximum atomic E-state index is 13.1. The summed E-state index contributed by atoms with van der Waals surface area (Å²) < 4.78 is 10.8. The molecule has 0 aromatic heterocycles. The van der Waals surface area contributed by atoms with Crippen LogP contribution in [0.15, 0.2) is 78.9 Å². The molecule has 0 spiro atoms. The van der Waals surface area contributed by atoms with Gasteiger partial charge in [-0.2, -0.15) is 0 Å². The zero-order chi connectivity index (χ0) is 19.6. The lowest BCUT2D eigenvalue weighted by molar-refractivity contribution is 0.104. The van der Waals surface area contributed by atoms with Gasteiger partial charge in [0.1, 0.15) is 0 Å². The molecular formula is C25H21NO3. The van der Waals surface area contributed by atoms with Crippen LogP contribution in [0.5, 0.6) is 11.5 Å². The predicted molar refractivity (Wildman–Crippen MR) is 112 cm³/mol. The highest BCUT2D eigenvalue weighted by molar-refractivity contribution is 6.08. The summed E-state index contributed by atoms with van der Waals surface area (Å²) in [6, 6.07) is 24.0. The molecule has 2 aliphatic heterocycles. The van der Waals surface area contributed by atoms with Crippen LogP contribution in [0.2, 0.25) is 0 Å². The zero-order valence-electron chi connectivity index (χ0n) is 16.0. The lowest BCUT2D eigenvalue weighted by Crippen LogP contribution is -2.29. The van der Waals surface area contributed by atoms with Gasteiger partial charge in [0, 0.05) is 30.4 Å². The average Bonchev–Trinajstić information content (AvgIpc) is 3.25. The Kier molecular flexibility index (Phi) is 4.53. The molecule has 5 rings (SSSR count). The summed E-state index contributed by atoms with van der Waals surface area (Å²) in [4.78, 5) is 15.4. The number of benzene rings is 3. The van der Waals surface area contributed by atoms with Crippen LogP contribution in [0.1, 0.15) is 27.0 Å². The Morgan fingerprint density at radius 3 is 2.45 bits per heavy atom. The maximum absolute atomic E-state index is 13.1. The van der Waals surface area contributed by atoms with Gasteiger partial charge in [0.15, 0.2) is 17.3 Å². The first-order valence-corrected chi connectivity index (χ1v) is 9.81. The van der Waals surface area contributed by atoms with Crippen LogP contribution >= 0.6 is 0 Å². The third-order valence-electron chi connectivity index (χ3n) is 5.47. The van der Waals surface area contributed by atoms with E-state index in [9.17, 15) is 4.79 Å². The molecule has 0 radical (unpaired) electrons. The van der Waals surface area contributed by atoms with E-state index in [0.717, 1.165) is 30.8 Å². The van der Waals surface area contributed by atoms with E-state index in [-0.39, 0.29) is 12.6 Å². The lowest BCUT2D eigenvalue weighted by Gasteiger charge is -2.33. The van der Waals surface area contributed by atoms with Crippen molar-refractivity contribution in [3.05, 3.63) is 101 Å². The Bertz CT molecular complexity index is 1090. The Morgan fingerprint density at radius 2 is 1.59 bits per heavy atom. The molecule has 4 heteroatoms. The molecule has 0 fully saturated rings. The van der Waals surface area contributed by atoms with Crippen molar-refractivity contribution >= 4 is 11.5 Å². The van der Waals surface area contributed by atoms with Crippen molar-refractivity contribution in [2.45, 2.75) is 13.0 Å².